The van der Waals surface area contributed by atoms with Gasteiger partial charge in [-0.05, 0) is 42.5 Å². The topological polar surface area (TPSA) is 26.3 Å². The molecule has 1 aromatic rings. The summed E-state index contributed by atoms with van der Waals surface area (Å²) in [6.45, 7) is 6.03. The van der Waals surface area contributed by atoms with Crippen molar-refractivity contribution < 1.29 is 9.53 Å². The molecule has 0 aliphatic heterocycles. The Kier molecular flexibility index (Phi) is 5.42. The van der Waals surface area contributed by atoms with Crippen LogP contribution in [0.5, 0.6) is 0 Å². The molecule has 1 unspecified atom stereocenters. The average Bonchev–Trinajstić information content (AvgIpc) is 2.36. The van der Waals surface area contributed by atoms with Crippen LogP contribution in [0.15, 0.2) is 23.8 Å². The summed E-state index contributed by atoms with van der Waals surface area (Å²) in [4.78, 5) is 11.8. The van der Waals surface area contributed by atoms with Crippen molar-refractivity contribution in [2.45, 2.75) is 27.2 Å². The summed E-state index contributed by atoms with van der Waals surface area (Å²) >= 11 is 6.17. The summed E-state index contributed by atoms with van der Waals surface area (Å²) in [5.74, 6) is -0.143. The van der Waals surface area contributed by atoms with E-state index in [0.29, 0.717) is 10.6 Å². The van der Waals surface area contributed by atoms with E-state index in [4.69, 9.17) is 16.3 Å². The smallest absolute Gasteiger partial charge is 0.334 e. The van der Waals surface area contributed by atoms with Crippen molar-refractivity contribution in [3.63, 3.8) is 0 Å². The lowest BCUT2D eigenvalue weighted by Gasteiger charge is -2.12. The second-order valence-corrected chi connectivity index (χ2v) is 4.83. The lowest BCUT2D eigenvalue weighted by atomic mass is 9.96. The van der Waals surface area contributed by atoms with Crippen LogP contribution < -0.4 is 0 Å². The van der Waals surface area contributed by atoms with E-state index in [1.54, 1.807) is 0 Å². The summed E-state index contributed by atoms with van der Waals surface area (Å²) in [7, 11) is 1.40. The zero-order valence-electron chi connectivity index (χ0n) is 11.3. The molecule has 0 bridgehead atoms. The van der Waals surface area contributed by atoms with Gasteiger partial charge in [0.2, 0.25) is 0 Å². The van der Waals surface area contributed by atoms with Gasteiger partial charge in [0.25, 0.3) is 0 Å². The Hall–Kier alpha value is -1.28. The number of esters is 1. The molecule has 0 heterocycles. The third-order valence-corrected chi connectivity index (χ3v) is 3.36. The van der Waals surface area contributed by atoms with Crippen LogP contribution in [0, 0.1) is 12.8 Å². The van der Waals surface area contributed by atoms with E-state index in [1.807, 2.05) is 45.0 Å². The van der Waals surface area contributed by atoms with E-state index >= 15 is 0 Å². The van der Waals surface area contributed by atoms with Gasteiger partial charge in [-0.1, -0.05) is 37.6 Å². The number of hydrogen-bond acceptors (Lipinski definition) is 2. The fourth-order valence-corrected chi connectivity index (χ4v) is 1.95. The van der Waals surface area contributed by atoms with Crippen molar-refractivity contribution in [1.82, 2.24) is 0 Å². The van der Waals surface area contributed by atoms with Gasteiger partial charge in [0.05, 0.1) is 7.11 Å². The molecular formula is C15H19ClO2. The maximum Gasteiger partial charge on any atom is 0.334 e. The van der Waals surface area contributed by atoms with Gasteiger partial charge in [-0.25, -0.2) is 4.79 Å². The van der Waals surface area contributed by atoms with Gasteiger partial charge in [-0.2, -0.15) is 0 Å². The number of hydrogen-bond donors (Lipinski definition) is 0. The maximum absolute atomic E-state index is 11.8. The van der Waals surface area contributed by atoms with Crippen LogP contribution in [0.3, 0.4) is 0 Å². The minimum Gasteiger partial charge on any atom is -0.466 e. The van der Waals surface area contributed by atoms with Gasteiger partial charge in [-0.3, -0.25) is 0 Å². The predicted molar refractivity (Wildman–Crippen MR) is 75.6 cm³/mol. The molecule has 0 spiro atoms. The lowest BCUT2D eigenvalue weighted by Crippen LogP contribution is -2.11. The predicted octanol–water partition coefficient (Wildman–Crippen LogP) is 4.25. The molecule has 0 aromatic heterocycles. The summed E-state index contributed by atoms with van der Waals surface area (Å²) in [6, 6.07) is 5.78. The van der Waals surface area contributed by atoms with E-state index in [1.165, 1.54) is 7.11 Å². The summed E-state index contributed by atoms with van der Waals surface area (Å²) < 4.78 is 4.82. The van der Waals surface area contributed by atoms with Gasteiger partial charge in [-0.15, -0.1) is 0 Å². The molecule has 0 aliphatic rings. The number of aryl methyl sites for hydroxylation is 1. The number of carbonyl (C=O) groups excluding carboxylic acids is 1. The third kappa shape index (κ3) is 3.61. The Labute approximate surface area is 114 Å². The van der Waals surface area contributed by atoms with Crippen molar-refractivity contribution in [1.29, 1.82) is 0 Å². The van der Waals surface area contributed by atoms with Crippen LogP contribution in [0.4, 0.5) is 0 Å². The third-order valence-electron chi connectivity index (χ3n) is 3.03. The van der Waals surface area contributed by atoms with E-state index in [9.17, 15) is 4.79 Å². The number of ether oxygens (including phenoxy) is 1. The first kappa shape index (κ1) is 14.8. The van der Waals surface area contributed by atoms with Crippen molar-refractivity contribution in [2.75, 3.05) is 7.11 Å². The average molecular weight is 267 g/mol. The molecule has 18 heavy (non-hydrogen) atoms. The highest BCUT2D eigenvalue weighted by atomic mass is 35.5. The Balaban J connectivity index is 3.19. The SMILES string of the molecule is CCC(C)/C(=C\c1ccc(C)cc1Cl)C(=O)OC. The minimum absolute atomic E-state index is 0.148. The van der Waals surface area contributed by atoms with Gasteiger partial charge >= 0.3 is 5.97 Å². The van der Waals surface area contributed by atoms with E-state index < -0.39 is 0 Å². The van der Waals surface area contributed by atoms with Gasteiger partial charge in [0.1, 0.15) is 0 Å². The molecular weight excluding hydrogens is 248 g/mol. The van der Waals surface area contributed by atoms with Gasteiger partial charge in [0, 0.05) is 10.6 Å². The molecule has 0 amide bonds. The van der Waals surface area contributed by atoms with Crippen molar-refractivity contribution in [3.8, 4) is 0 Å². The highest BCUT2D eigenvalue weighted by Gasteiger charge is 2.16. The first-order valence-corrected chi connectivity index (χ1v) is 6.43. The molecule has 0 radical (unpaired) electrons. The fraction of sp³-hybridized carbons (Fsp3) is 0.400. The number of benzene rings is 1. The first-order valence-electron chi connectivity index (χ1n) is 6.05. The van der Waals surface area contributed by atoms with Crippen LogP contribution in [-0.2, 0) is 9.53 Å². The Morgan fingerprint density at radius 3 is 2.67 bits per heavy atom. The molecule has 1 atom stereocenters. The van der Waals surface area contributed by atoms with Crippen LogP contribution >= 0.6 is 11.6 Å². The highest BCUT2D eigenvalue weighted by Crippen LogP contribution is 2.24. The summed E-state index contributed by atoms with van der Waals surface area (Å²) in [5, 5.41) is 0.653. The summed E-state index contributed by atoms with van der Waals surface area (Å²) in [5.41, 5.74) is 2.61. The lowest BCUT2D eigenvalue weighted by molar-refractivity contribution is -0.136. The summed E-state index contributed by atoms with van der Waals surface area (Å²) in [6.07, 6.45) is 2.70. The molecule has 0 N–H and O–H groups in total. The standard InChI is InChI=1S/C15H19ClO2/c1-5-11(3)13(15(17)18-4)9-12-7-6-10(2)8-14(12)16/h6-9,11H,5H2,1-4H3/b13-9+. The number of methoxy groups -OCH3 is 1. The number of halogens is 1. The van der Waals surface area contributed by atoms with E-state index in [-0.39, 0.29) is 11.9 Å². The Morgan fingerprint density at radius 1 is 1.50 bits per heavy atom. The van der Waals surface area contributed by atoms with Crippen molar-refractivity contribution >= 4 is 23.6 Å². The molecule has 3 heteroatoms. The molecule has 0 fully saturated rings. The second-order valence-electron chi connectivity index (χ2n) is 4.43. The van der Waals surface area contributed by atoms with Crippen LogP contribution in [0.1, 0.15) is 31.4 Å². The van der Waals surface area contributed by atoms with Crippen molar-refractivity contribution in [2.24, 2.45) is 5.92 Å². The monoisotopic (exact) mass is 266 g/mol. The molecule has 0 aliphatic carbocycles. The van der Waals surface area contributed by atoms with Gasteiger partial charge < -0.3 is 4.74 Å². The van der Waals surface area contributed by atoms with Crippen LogP contribution in [0.2, 0.25) is 5.02 Å². The highest BCUT2D eigenvalue weighted by molar-refractivity contribution is 6.32. The number of rotatable bonds is 4. The zero-order chi connectivity index (χ0) is 13.7. The number of carbonyl (C=O) groups is 1. The van der Waals surface area contributed by atoms with Gasteiger partial charge in [0.15, 0.2) is 0 Å². The first-order chi connectivity index (χ1) is 8.49. The fourth-order valence-electron chi connectivity index (χ4n) is 1.66. The quantitative estimate of drug-likeness (QED) is 0.601. The molecule has 2 nitrogen and oxygen atoms in total. The second kappa shape index (κ2) is 6.60. The van der Waals surface area contributed by atoms with Crippen LogP contribution in [0.25, 0.3) is 6.08 Å². The molecule has 0 saturated carbocycles. The molecule has 0 saturated heterocycles. The van der Waals surface area contributed by atoms with E-state index in [2.05, 4.69) is 0 Å². The Morgan fingerprint density at radius 2 is 2.17 bits per heavy atom. The zero-order valence-corrected chi connectivity index (χ0v) is 12.0. The van der Waals surface area contributed by atoms with Crippen molar-refractivity contribution in [3.05, 3.63) is 39.9 Å². The minimum atomic E-state index is -0.291. The largest absolute Gasteiger partial charge is 0.466 e. The Bertz CT molecular complexity index is 464. The molecule has 1 aromatic carbocycles. The molecule has 1 rings (SSSR count). The maximum atomic E-state index is 11.8. The van der Waals surface area contributed by atoms with Crippen LogP contribution in [-0.4, -0.2) is 13.1 Å². The normalized spacial score (nSPS) is 13.3. The molecule has 98 valence electrons. The van der Waals surface area contributed by atoms with E-state index in [0.717, 1.165) is 17.5 Å².